The van der Waals surface area contributed by atoms with Crippen molar-refractivity contribution < 1.29 is 4.39 Å². The number of nitrogens with zero attached hydrogens (tertiary/aromatic N) is 2. The topological polar surface area (TPSA) is 6.48 Å². The van der Waals surface area contributed by atoms with Gasteiger partial charge >= 0.3 is 0 Å². The zero-order chi connectivity index (χ0) is 20.2. The first kappa shape index (κ1) is 22.1. The van der Waals surface area contributed by atoms with E-state index in [2.05, 4.69) is 58.3 Å². The molecule has 2 rings (SSSR count). The molecule has 0 bridgehead atoms. The lowest BCUT2D eigenvalue weighted by molar-refractivity contribution is -0.143. The second-order valence-corrected chi connectivity index (χ2v) is 12.5. The van der Waals surface area contributed by atoms with Gasteiger partial charge in [0.05, 0.1) is 0 Å². The van der Waals surface area contributed by atoms with Gasteiger partial charge in [0, 0.05) is 30.7 Å². The molecular formula is C23H45FN2. The van der Waals surface area contributed by atoms with Crippen molar-refractivity contribution in [1.29, 1.82) is 0 Å². The Labute approximate surface area is 162 Å². The lowest BCUT2D eigenvalue weighted by atomic mass is 9.69. The highest BCUT2D eigenvalue weighted by molar-refractivity contribution is 5.08. The molecule has 2 nitrogen and oxygen atoms in total. The Bertz CT molecular complexity index is 489. The van der Waals surface area contributed by atoms with Crippen LogP contribution in [0.2, 0.25) is 0 Å². The molecule has 0 aromatic heterocycles. The summed E-state index contributed by atoms with van der Waals surface area (Å²) in [4.78, 5) is 5.01. The minimum atomic E-state index is -1.03. The third-order valence-corrected chi connectivity index (χ3v) is 7.71. The van der Waals surface area contributed by atoms with Gasteiger partial charge in [-0.05, 0) is 77.2 Å². The normalized spacial score (nSPS) is 26.2. The Morgan fingerprint density at radius 2 is 1.38 bits per heavy atom. The van der Waals surface area contributed by atoms with Crippen LogP contribution in [0.5, 0.6) is 0 Å². The molecule has 0 spiro atoms. The van der Waals surface area contributed by atoms with Crippen LogP contribution in [0.15, 0.2) is 0 Å². The van der Waals surface area contributed by atoms with E-state index in [1.807, 2.05) is 20.8 Å². The maximum absolute atomic E-state index is 15.0. The molecule has 2 fully saturated rings. The highest BCUT2D eigenvalue weighted by Gasteiger charge is 2.55. The molecular weight excluding hydrogens is 323 g/mol. The van der Waals surface area contributed by atoms with Crippen molar-refractivity contribution in [2.75, 3.05) is 26.2 Å². The standard InChI is InChI=1S/C23H45FN2/c1-19(2,3)23(24)16-26(17-23)22(9,10)13-12-21(7,8)18-11-14-25(15-18)20(4,5)6/h18H,11-17H2,1-10H3. The Morgan fingerprint density at radius 1 is 0.846 bits per heavy atom. The number of likely N-dealkylation sites (tertiary alicyclic amines) is 2. The van der Waals surface area contributed by atoms with E-state index < -0.39 is 5.67 Å². The summed E-state index contributed by atoms with van der Waals surface area (Å²) in [6, 6.07) is 0. The Balaban J connectivity index is 1.89. The summed E-state index contributed by atoms with van der Waals surface area (Å²) < 4.78 is 15.0. The van der Waals surface area contributed by atoms with Crippen molar-refractivity contribution in [2.45, 2.75) is 105 Å². The first-order chi connectivity index (χ1) is 11.5. The van der Waals surface area contributed by atoms with Crippen molar-refractivity contribution in [3.8, 4) is 0 Å². The third kappa shape index (κ3) is 4.46. The minimum absolute atomic E-state index is 0.0838. The third-order valence-electron chi connectivity index (χ3n) is 7.71. The summed E-state index contributed by atoms with van der Waals surface area (Å²) in [6.07, 6.45) is 3.67. The number of alkyl halides is 1. The second-order valence-electron chi connectivity index (χ2n) is 12.5. The second kappa shape index (κ2) is 6.72. The molecule has 0 amide bonds. The monoisotopic (exact) mass is 368 g/mol. The van der Waals surface area contributed by atoms with Crippen LogP contribution in [-0.4, -0.2) is 52.7 Å². The van der Waals surface area contributed by atoms with E-state index in [0.717, 1.165) is 12.3 Å². The molecule has 0 aromatic carbocycles. The fraction of sp³-hybridized carbons (Fsp3) is 1.00. The van der Waals surface area contributed by atoms with Crippen molar-refractivity contribution in [3.63, 3.8) is 0 Å². The first-order valence-electron chi connectivity index (χ1n) is 10.7. The molecule has 2 saturated heterocycles. The summed E-state index contributed by atoms with van der Waals surface area (Å²) >= 11 is 0. The molecule has 0 saturated carbocycles. The van der Waals surface area contributed by atoms with Gasteiger partial charge in [-0.2, -0.15) is 0 Å². The van der Waals surface area contributed by atoms with Crippen molar-refractivity contribution in [3.05, 3.63) is 0 Å². The van der Waals surface area contributed by atoms with E-state index in [-0.39, 0.29) is 16.5 Å². The minimum Gasteiger partial charge on any atom is -0.298 e. The quantitative estimate of drug-likeness (QED) is 0.608. The van der Waals surface area contributed by atoms with E-state index in [9.17, 15) is 0 Å². The molecule has 0 N–H and O–H groups in total. The molecule has 2 aliphatic rings. The van der Waals surface area contributed by atoms with E-state index in [1.165, 1.54) is 25.9 Å². The SMILES string of the molecule is CC(C)(CCC(C)(C)N1CC(F)(C(C)(C)C)C1)C1CCN(C(C)(C)C)C1. The first-order valence-corrected chi connectivity index (χ1v) is 10.7. The predicted molar refractivity (Wildman–Crippen MR) is 111 cm³/mol. The average Bonchev–Trinajstić information content (AvgIpc) is 2.91. The predicted octanol–water partition coefficient (Wildman–Crippen LogP) is 5.76. The molecule has 1 unspecified atom stereocenters. The van der Waals surface area contributed by atoms with Gasteiger partial charge in [0.2, 0.25) is 0 Å². The maximum Gasteiger partial charge on any atom is 0.141 e. The highest BCUT2D eigenvalue weighted by Crippen LogP contribution is 2.47. The van der Waals surface area contributed by atoms with Crippen molar-refractivity contribution >= 4 is 0 Å². The van der Waals surface area contributed by atoms with E-state index in [1.54, 1.807) is 0 Å². The van der Waals surface area contributed by atoms with Crippen LogP contribution in [0.4, 0.5) is 4.39 Å². The van der Waals surface area contributed by atoms with Crippen LogP contribution < -0.4 is 0 Å². The summed E-state index contributed by atoms with van der Waals surface area (Å²) in [5, 5.41) is 0. The Morgan fingerprint density at radius 3 is 1.81 bits per heavy atom. The fourth-order valence-electron chi connectivity index (χ4n) is 4.46. The molecule has 0 aromatic rings. The zero-order valence-corrected chi connectivity index (χ0v) is 19.3. The molecule has 0 radical (unpaired) electrons. The zero-order valence-electron chi connectivity index (χ0n) is 19.3. The van der Waals surface area contributed by atoms with Gasteiger partial charge in [0.15, 0.2) is 0 Å². The Kier molecular flexibility index (Phi) is 5.73. The molecule has 2 aliphatic heterocycles. The molecule has 0 aliphatic carbocycles. The summed E-state index contributed by atoms with van der Waals surface area (Å²) in [5.41, 5.74) is -0.587. The van der Waals surface area contributed by atoms with Gasteiger partial charge in [-0.3, -0.25) is 9.80 Å². The molecule has 2 heterocycles. The maximum atomic E-state index is 15.0. The lowest BCUT2D eigenvalue weighted by Crippen LogP contribution is -2.70. The van der Waals surface area contributed by atoms with Gasteiger partial charge in [0.1, 0.15) is 5.67 Å². The summed E-state index contributed by atoms with van der Waals surface area (Å²) in [5.74, 6) is 0.767. The average molecular weight is 369 g/mol. The summed E-state index contributed by atoms with van der Waals surface area (Å²) in [6.45, 7) is 26.2. The van der Waals surface area contributed by atoms with Gasteiger partial charge in [-0.25, -0.2) is 4.39 Å². The van der Waals surface area contributed by atoms with E-state index in [4.69, 9.17) is 0 Å². The van der Waals surface area contributed by atoms with Crippen LogP contribution in [0, 0.1) is 16.7 Å². The fourth-order valence-corrected chi connectivity index (χ4v) is 4.46. The number of rotatable bonds is 5. The molecule has 154 valence electrons. The van der Waals surface area contributed by atoms with E-state index >= 15 is 4.39 Å². The van der Waals surface area contributed by atoms with Gasteiger partial charge in [-0.1, -0.05) is 34.6 Å². The smallest absolute Gasteiger partial charge is 0.141 e. The largest absolute Gasteiger partial charge is 0.298 e. The van der Waals surface area contributed by atoms with Crippen molar-refractivity contribution in [1.82, 2.24) is 9.80 Å². The van der Waals surface area contributed by atoms with Crippen molar-refractivity contribution in [2.24, 2.45) is 16.7 Å². The number of hydrogen-bond acceptors (Lipinski definition) is 2. The van der Waals surface area contributed by atoms with E-state index in [0.29, 0.717) is 18.5 Å². The van der Waals surface area contributed by atoms with Crippen LogP contribution in [-0.2, 0) is 0 Å². The van der Waals surface area contributed by atoms with Crippen LogP contribution in [0.1, 0.15) is 88.5 Å². The molecule has 26 heavy (non-hydrogen) atoms. The van der Waals surface area contributed by atoms with Crippen LogP contribution >= 0.6 is 0 Å². The van der Waals surface area contributed by atoms with Crippen LogP contribution in [0.3, 0.4) is 0 Å². The highest BCUT2D eigenvalue weighted by atomic mass is 19.1. The summed E-state index contributed by atoms with van der Waals surface area (Å²) in [7, 11) is 0. The van der Waals surface area contributed by atoms with Crippen LogP contribution in [0.25, 0.3) is 0 Å². The Hall–Kier alpha value is -0.150. The number of hydrogen-bond donors (Lipinski definition) is 0. The lowest BCUT2D eigenvalue weighted by Gasteiger charge is -2.57. The van der Waals surface area contributed by atoms with Gasteiger partial charge in [0.25, 0.3) is 0 Å². The molecule has 1 atom stereocenters. The van der Waals surface area contributed by atoms with Gasteiger partial charge in [-0.15, -0.1) is 0 Å². The van der Waals surface area contributed by atoms with Gasteiger partial charge < -0.3 is 0 Å². The molecule has 3 heteroatoms. The number of halogens is 1.